The molecule has 0 radical (unpaired) electrons. The van der Waals surface area contributed by atoms with Crippen LogP contribution >= 0.6 is 7.37 Å². The van der Waals surface area contributed by atoms with Crippen molar-refractivity contribution in [3.05, 3.63) is 30.3 Å². The lowest BCUT2D eigenvalue weighted by Gasteiger charge is -2.12. The van der Waals surface area contributed by atoms with E-state index in [9.17, 15) is 4.57 Å². The van der Waals surface area contributed by atoms with E-state index in [1.807, 2.05) is 18.2 Å². The van der Waals surface area contributed by atoms with Gasteiger partial charge in [0.1, 0.15) is 5.75 Å². The fourth-order valence-electron chi connectivity index (χ4n) is 0.742. The second-order valence-corrected chi connectivity index (χ2v) is 5.18. The highest BCUT2D eigenvalue weighted by Crippen LogP contribution is 2.40. The lowest BCUT2D eigenvalue weighted by molar-refractivity contribution is 0.488. The summed E-state index contributed by atoms with van der Waals surface area (Å²) in [6.07, 6.45) is 0.0713. The summed E-state index contributed by atoms with van der Waals surface area (Å²) >= 11 is 0. The predicted octanol–water partition coefficient (Wildman–Crippen LogP) is 1.89. The van der Waals surface area contributed by atoms with Crippen molar-refractivity contribution in [3.8, 4) is 5.75 Å². The van der Waals surface area contributed by atoms with Crippen molar-refractivity contribution in [1.29, 1.82) is 0 Å². The molecule has 0 aliphatic carbocycles. The Labute approximate surface area is 72.0 Å². The molecule has 0 heterocycles. The SMILES string of the molecule is CP(=O)(CN)Oc1ccccc1. The smallest absolute Gasteiger partial charge is 0.258 e. The van der Waals surface area contributed by atoms with Crippen LogP contribution in [0, 0.1) is 0 Å². The molecule has 1 aromatic carbocycles. The Morgan fingerprint density at radius 2 is 2.00 bits per heavy atom. The number of rotatable bonds is 3. The maximum absolute atomic E-state index is 11.4. The summed E-state index contributed by atoms with van der Waals surface area (Å²) in [5, 5.41) is 0. The van der Waals surface area contributed by atoms with Crippen LogP contribution in [0.15, 0.2) is 30.3 Å². The molecular formula is C8H12NO2P. The maximum Gasteiger partial charge on any atom is 0.258 e. The third-order valence-corrected chi connectivity index (χ3v) is 2.63. The Morgan fingerprint density at radius 3 is 2.50 bits per heavy atom. The fourth-order valence-corrected chi connectivity index (χ4v) is 1.38. The first-order chi connectivity index (χ1) is 5.64. The first-order valence-electron chi connectivity index (χ1n) is 3.65. The molecule has 0 aromatic heterocycles. The zero-order chi connectivity index (χ0) is 9.03. The molecule has 0 spiro atoms. The van der Waals surface area contributed by atoms with Crippen molar-refractivity contribution in [2.24, 2.45) is 5.73 Å². The Bertz CT molecular complexity index is 286. The van der Waals surface area contributed by atoms with Gasteiger partial charge in [0, 0.05) is 6.66 Å². The average molecular weight is 185 g/mol. The van der Waals surface area contributed by atoms with Crippen molar-refractivity contribution in [1.82, 2.24) is 0 Å². The lowest BCUT2D eigenvalue weighted by atomic mass is 10.3. The number of hydrogen-bond donors (Lipinski definition) is 1. The standard InChI is InChI=1S/C8H12NO2P/c1-12(10,7-9)11-8-5-3-2-4-6-8/h2-6H,7,9H2,1H3. The minimum absolute atomic E-state index is 0.0713. The molecule has 4 heteroatoms. The molecule has 12 heavy (non-hydrogen) atoms. The Morgan fingerprint density at radius 1 is 1.42 bits per heavy atom. The molecule has 0 aliphatic rings. The summed E-state index contributed by atoms with van der Waals surface area (Å²) in [5.74, 6) is 0.605. The first-order valence-corrected chi connectivity index (χ1v) is 5.91. The maximum atomic E-state index is 11.4. The third kappa shape index (κ3) is 2.68. The number of hydrogen-bond acceptors (Lipinski definition) is 3. The van der Waals surface area contributed by atoms with E-state index in [0.717, 1.165) is 0 Å². The summed E-state index contributed by atoms with van der Waals surface area (Å²) in [6.45, 7) is 1.53. The molecule has 0 saturated heterocycles. The summed E-state index contributed by atoms with van der Waals surface area (Å²) in [4.78, 5) is 0. The minimum atomic E-state index is -2.62. The van der Waals surface area contributed by atoms with Gasteiger partial charge in [0.15, 0.2) is 0 Å². The van der Waals surface area contributed by atoms with Crippen LogP contribution in [0.3, 0.4) is 0 Å². The van der Waals surface area contributed by atoms with Crippen molar-refractivity contribution in [2.75, 3.05) is 13.0 Å². The Kier molecular flexibility index (Phi) is 2.90. The summed E-state index contributed by atoms with van der Waals surface area (Å²) < 4.78 is 16.6. The van der Waals surface area contributed by atoms with Crippen molar-refractivity contribution < 1.29 is 9.09 Å². The van der Waals surface area contributed by atoms with Gasteiger partial charge in [0.2, 0.25) is 0 Å². The zero-order valence-electron chi connectivity index (χ0n) is 6.93. The van der Waals surface area contributed by atoms with E-state index in [4.69, 9.17) is 10.3 Å². The van der Waals surface area contributed by atoms with Crippen LogP contribution in [0.4, 0.5) is 0 Å². The van der Waals surface area contributed by atoms with Crippen molar-refractivity contribution in [2.45, 2.75) is 0 Å². The number of nitrogens with two attached hydrogens (primary N) is 1. The van der Waals surface area contributed by atoms with E-state index in [0.29, 0.717) is 5.75 Å². The van der Waals surface area contributed by atoms with Gasteiger partial charge in [-0.05, 0) is 12.1 Å². The van der Waals surface area contributed by atoms with E-state index in [2.05, 4.69) is 0 Å². The first kappa shape index (κ1) is 9.30. The molecule has 2 N–H and O–H groups in total. The molecule has 1 rings (SSSR count). The van der Waals surface area contributed by atoms with Crippen LogP contribution in [-0.2, 0) is 4.57 Å². The second-order valence-electron chi connectivity index (χ2n) is 2.60. The Hall–Kier alpha value is -0.790. The van der Waals surface area contributed by atoms with Gasteiger partial charge < -0.3 is 10.3 Å². The van der Waals surface area contributed by atoms with Crippen molar-refractivity contribution in [3.63, 3.8) is 0 Å². The normalized spacial score (nSPS) is 15.2. The number of para-hydroxylation sites is 1. The molecule has 0 saturated carbocycles. The van der Waals surface area contributed by atoms with Crippen LogP contribution < -0.4 is 10.3 Å². The minimum Gasteiger partial charge on any atom is -0.442 e. The molecular weight excluding hydrogens is 173 g/mol. The van der Waals surface area contributed by atoms with E-state index >= 15 is 0 Å². The molecule has 0 aliphatic heterocycles. The summed E-state index contributed by atoms with van der Waals surface area (Å²) in [7, 11) is -2.62. The zero-order valence-corrected chi connectivity index (χ0v) is 7.83. The third-order valence-electron chi connectivity index (χ3n) is 1.37. The van der Waals surface area contributed by atoms with Gasteiger partial charge in [-0.2, -0.15) is 0 Å². The van der Waals surface area contributed by atoms with Crippen LogP contribution in [0.1, 0.15) is 0 Å². The summed E-state index contributed by atoms with van der Waals surface area (Å²) in [5.41, 5.74) is 5.27. The van der Waals surface area contributed by atoms with E-state index < -0.39 is 7.37 Å². The van der Waals surface area contributed by atoms with Gasteiger partial charge in [-0.3, -0.25) is 4.57 Å². The van der Waals surface area contributed by atoms with E-state index in [1.165, 1.54) is 6.66 Å². The van der Waals surface area contributed by atoms with Gasteiger partial charge in [0.25, 0.3) is 7.37 Å². The largest absolute Gasteiger partial charge is 0.442 e. The van der Waals surface area contributed by atoms with Crippen LogP contribution in [0.5, 0.6) is 5.75 Å². The van der Waals surface area contributed by atoms with Gasteiger partial charge in [-0.1, -0.05) is 18.2 Å². The van der Waals surface area contributed by atoms with Crippen LogP contribution in [-0.4, -0.2) is 13.0 Å². The molecule has 0 amide bonds. The highest BCUT2D eigenvalue weighted by Gasteiger charge is 2.13. The van der Waals surface area contributed by atoms with Crippen LogP contribution in [0.25, 0.3) is 0 Å². The highest BCUT2D eigenvalue weighted by atomic mass is 31.2. The summed E-state index contributed by atoms with van der Waals surface area (Å²) in [6, 6.07) is 9.03. The molecule has 3 nitrogen and oxygen atoms in total. The predicted molar refractivity (Wildman–Crippen MR) is 49.7 cm³/mol. The molecule has 0 bridgehead atoms. The van der Waals surface area contributed by atoms with Gasteiger partial charge in [0.05, 0.1) is 6.29 Å². The monoisotopic (exact) mass is 185 g/mol. The molecule has 0 fully saturated rings. The molecule has 1 unspecified atom stereocenters. The second kappa shape index (κ2) is 3.74. The molecule has 1 aromatic rings. The average Bonchev–Trinajstić information content (AvgIpc) is 2.06. The topological polar surface area (TPSA) is 52.3 Å². The molecule has 66 valence electrons. The fraction of sp³-hybridized carbons (Fsp3) is 0.250. The van der Waals surface area contributed by atoms with Gasteiger partial charge in [-0.15, -0.1) is 0 Å². The van der Waals surface area contributed by atoms with Crippen LogP contribution in [0.2, 0.25) is 0 Å². The molecule has 1 atom stereocenters. The highest BCUT2D eigenvalue weighted by molar-refractivity contribution is 7.58. The van der Waals surface area contributed by atoms with Crippen molar-refractivity contribution >= 4 is 7.37 Å². The van der Waals surface area contributed by atoms with Gasteiger partial charge >= 0.3 is 0 Å². The van der Waals surface area contributed by atoms with Gasteiger partial charge in [-0.25, -0.2) is 0 Å². The quantitative estimate of drug-likeness (QED) is 0.731. The Balaban J connectivity index is 2.71. The van der Waals surface area contributed by atoms with E-state index in [1.54, 1.807) is 12.1 Å². The van der Waals surface area contributed by atoms with E-state index in [-0.39, 0.29) is 6.29 Å². The number of benzene rings is 1. The lowest BCUT2D eigenvalue weighted by Crippen LogP contribution is -2.04.